The highest BCUT2D eigenvalue weighted by molar-refractivity contribution is 4.99. The van der Waals surface area contributed by atoms with E-state index in [-0.39, 0.29) is 0 Å². The van der Waals surface area contributed by atoms with Gasteiger partial charge in [0.05, 0.1) is 5.60 Å². The van der Waals surface area contributed by atoms with Crippen LogP contribution in [0, 0.1) is 11.8 Å². The van der Waals surface area contributed by atoms with Gasteiger partial charge in [0.2, 0.25) is 0 Å². The summed E-state index contributed by atoms with van der Waals surface area (Å²) in [5, 5.41) is 10.3. The zero-order valence-corrected chi connectivity index (χ0v) is 10.5. The summed E-state index contributed by atoms with van der Waals surface area (Å²) in [7, 11) is 2.00. The average molecular weight is 222 g/mol. The summed E-state index contributed by atoms with van der Waals surface area (Å²) in [4.78, 5) is 4.28. The van der Waals surface area contributed by atoms with Crippen LogP contribution in [0.1, 0.15) is 38.9 Å². The van der Waals surface area contributed by atoms with Crippen molar-refractivity contribution in [3.63, 3.8) is 0 Å². The first kappa shape index (κ1) is 11.6. The summed E-state index contributed by atoms with van der Waals surface area (Å²) in [5.41, 5.74) is -0.416. The summed E-state index contributed by atoms with van der Waals surface area (Å²) in [6.45, 7) is 4.48. The Morgan fingerprint density at radius 3 is 2.75 bits per heavy atom. The molecule has 1 heterocycles. The minimum absolute atomic E-state index is 0.416. The van der Waals surface area contributed by atoms with E-state index < -0.39 is 5.60 Å². The van der Waals surface area contributed by atoms with Crippen molar-refractivity contribution in [3.8, 4) is 0 Å². The quantitative estimate of drug-likeness (QED) is 0.847. The van der Waals surface area contributed by atoms with Gasteiger partial charge in [-0.1, -0.05) is 13.8 Å². The van der Waals surface area contributed by atoms with E-state index in [2.05, 4.69) is 18.8 Å². The van der Waals surface area contributed by atoms with Crippen LogP contribution in [0.5, 0.6) is 0 Å². The Morgan fingerprint density at radius 1 is 1.56 bits per heavy atom. The Labute approximate surface area is 97.5 Å². The topological polar surface area (TPSA) is 38.1 Å². The third kappa shape index (κ3) is 2.29. The van der Waals surface area contributed by atoms with E-state index in [0.29, 0.717) is 11.8 Å². The lowest BCUT2D eigenvalue weighted by atomic mass is 9.64. The van der Waals surface area contributed by atoms with Crippen LogP contribution in [0.25, 0.3) is 0 Å². The van der Waals surface area contributed by atoms with Gasteiger partial charge in [0.15, 0.2) is 0 Å². The molecule has 16 heavy (non-hydrogen) atoms. The summed E-state index contributed by atoms with van der Waals surface area (Å²) in [5.74, 6) is 2.49. The van der Waals surface area contributed by atoms with E-state index in [4.69, 9.17) is 0 Å². The van der Waals surface area contributed by atoms with Gasteiger partial charge in [-0.15, -0.1) is 0 Å². The normalized spacial score (nSPS) is 29.4. The standard InChI is InChI=1S/C13H22N2O/c1-10(2)11-8-13(16,9-11)5-4-12-14-6-7-15(12)3/h6-7,10-11,16H,4-5,8-9H2,1-3H3. The number of rotatable bonds is 4. The second-order valence-electron chi connectivity index (χ2n) is 5.59. The van der Waals surface area contributed by atoms with Gasteiger partial charge in [-0.05, 0) is 31.1 Å². The van der Waals surface area contributed by atoms with Gasteiger partial charge >= 0.3 is 0 Å². The molecular weight excluding hydrogens is 200 g/mol. The second-order valence-corrected chi connectivity index (χ2v) is 5.59. The lowest BCUT2D eigenvalue weighted by molar-refractivity contribution is -0.0923. The van der Waals surface area contributed by atoms with Gasteiger partial charge < -0.3 is 9.67 Å². The number of nitrogens with zero attached hydrogens (tertiary/aromatic N) is 2. The molecule has 0 radical (unpaired) electrons. The zero-order chi connectivity index (χ0) is 11.8. The van der Waals surface area contributed by atoms with Crippen molar-refractivity contribution in [2.75, 3.05) is 0 Å². The Morgan fingerprint density at radius 2 is 2.25 bits per heavy atom. The molecular formula is C13H22N2O. The monoisotopic (exact) mass is 222 g/mol. The van der Waals surface area contributed by atoms with E-state index in [1.165, 1.54) is 0 Å². The van der Waals surface area contributed by atoms with Crippen molar-refractivity contribution < 1.29 is 5.11 Å². The number of hydrogen-bond acceptors (Lipinski definition) is 2. The molecule has 0 aliphatic heterocycles. The van der Waals surface area contributed by atoms with Gasteiger partial charge in [0, 0.05) is 25.9 Å². The molecule has 3 heteroatoms. The Bertz CT molecular complexity index is 351. The van der Waals surface area contributed by atoms with Crippen LogP contribution in [0.3, 0.4) is 0 Å². The summed E-state index contributed by atoms with van der Waals surface area (Å²) >= 11 is 0. The SMILES string of the molecule is CC(C)C1CC(O)(CCc2nccn2C)C1. The fourth-order valence-electron chi connectivity index (χ4n) is 2.57. The predicted octanol–water partition coefficient (Wildman–Crippen LogP) is 2.15. The van der Waals surface area contributed by atoms with Crippen LogP contribution < -0.4 is 0 Å². The number of aliphatic hydroxyl groups is 1. The molecule has 1 aromatic heterocycles. The van der Waals surface area contributed by atoms with Crippen LogP contribution >= 0.6 is 0 Å². The lowest BCUT2D eigenvalue weighted by Crippen LogP contribution is -2.46. The van der Waals surface area contributed by atoms with E-state index in [9.17, 15) is 5.11 Å². The van der Waals surface area contributed by atoms with E-state index in [1.807, 2.05) is 24.0 Å². The summed E-state index contributed by atoms with van der Waals surface area (Å²) in [6, 6.07) is 0. The van der Waals surface area contributed by atoms with Crippen molar-refractivity contribution >= 4 is 0 Å². The van der Waals surface area contributed by atoms with Crippen LogP contribution in [0.2, 0.25) is 0 Å². The van der Waals surface area contributed by atoms with Crippen LogP contribution in [-0.2, 0) is 13.5 Å². The number of aryl methyl sites for hydroxylation is 2. The molecule has 0 saturated heterocycles. The van der Waals surface area contributed by atoms with Gasteiger partial charge in [-0.25, -0.2) is 4.98 Å². The average Bonchev–Trinajstić information content (AvgIpc) is 2.56. The molecule has 90 valence electrons. The van der Waals surface area contributed by atoms with Crippen molar-refractivity contribution in [1.82, 2.24) is 9.55 Å². The molecule has 1 aliphatic rings. The number of aromatic nitrogens is 2. The second kappa shape index (κ2) is 4.21. The minimum atomic E-state index is -0.416. The Hall–Kier alpha value is -0.830. The van der Waals surface area contributed by atoms with Crippen molar-refractivity contribution in [2.45, 2.75) is 45.1 Å². The first-order valence-corrected chi connectivity index (χ1v) is 6.19. The zero-order valence-electron chi connectivity index (χ0n) is 10.5. The molecule has 0 spiro atoms. The molecule has 0 bridgehead atoms. The molecule has 0 atom stereocenters. The first-order valence-electron chi connectivity index (χ1n) is 6.19. The molecule has 0 amide bonds. The number of imidazole rings is 1. The van der Waals surface area contributed by atoms with Crippen molar-refractivity contribution in [3.05, 3.63) is 18.2 Å². The molecule has 0 unspecified atom stereocenters. The van der Waals surface area contributed by atoms with Crippen molar-refractivity contribution in [1.29, 1.82) is 0 Å². The number of hydrogen-bond donors (Lipinski definition) is 1. The van der Waals surface area contributed by atoms with E-state index >= 15 is 0 Å². The molecule has 1 fully saturated rings. The van der Waals surface area contributed by atoms with Gasteiger partial charge in [0.1, 0.15) is 5.82 Å². The molecule has 1 aromatic rings. The van der Waals surface area contributed by atoms with E-state index in [0.717, 1.165) is 31.5 Å². The maximum atomic E-state index is 10.3. The summed E-state index contributed by atoms with van der Waals surface area (Å²) in [6.07, 6.45) is 7.43. The molecule has 0 aromatic carbocycles. The molecule has 1 saturated carbocycles. The summed E-state index contributed by atoms with van der Waals surface area (Å²) < 4.78 is 2.03. The van der Waals surface area contributed by atoms with Crippen molar-refractivity contribution in [2.24, 2.45) is 18.9 Å². The van der Waals surface area contributed by atoms with Gasteiger partial charge in [0.25, 0.3) is 0 Å². The highest BCUT2D eigenvalue weighted by atomic mass is 16.3. The lowest BCUT2D eigenvalue weighted by Gasteiger charge is -2.46. The maximum absolute atomic E-state index is 10.3. The van der Waals surface area contributed by atoms with Gasteiger partial charge in [-0.3, -0.25) is 0 Å². The third-order valence-corrected chi connectivity index (χ3v) is 3.96. The van der Waals surface area contributed by atoms with Crippen LogP contribution in [-0.4, -0.2) is 20.3 Å². The van der Waals surface area contributed by atoms with E-state index in [1.54, 1.807) is 0 Å². The minimum Gasteiger partial charge on any atom is -0.390 e. The fourth-order valence-corrected chi connectivity index (χ4v) is 2.57. The molecule has 1 aliphatic carbocycles. The first-order chi connectivity index (χ1) is 7.50. The predicted molar refractivity (Wildman–Crippen MR) is 64.0 cm³/mol. The maximum Gasteiger partial charge on any atom is 0.108 e. The van der Waals surface area contributed by atoms with Gasteiger partial charge in [-0.2, -0.15) is 0 Å². The Balaban J connectivity index is 1.82. The highest BCUT2D eigenvalue weighted by Gasteiger charge is 2.43. The smallest absolute Gasteiger partial charge is 0.108 e. The molecule has 3 nitrogen and oxygen atoms in total. The fraction of sp³-hybridized carbons (Fsp3) is 0.769. The largest absolute Gasteiger partial charge is 0.390 e. The molecule has 1 N–H and O–H groups in total. The van der Waals surface area contributed by atoms with Crippen LogP contribution in [0.15, 0.2) is 12.4 Å². The Kier molecular flexibility index (Phi) is 3.06. The molecule has 2 rings (SSSR count). The highest BCUT2D eigenvalue weighted by Crippen LogP contribution is 2.44. The third-order valence-electron chi connectivity index (χ3n) is 3.96. The van der Waals surface area contributed by atoms with Crippen LogP contribution in [0.4, 0.5) is 0 Å².